The third-order valence-corrected chi connectivity index (χ3v) is 1.03. The van der Waals surface area contributed by atoms with Crippen molar-refractivity contribution in [2.45, 2.75) is 40.0 Å². The van der Waals surface area contributed by atoms with E-state index in [4.69, 9.17) is 0 Å². The van der Waals surface area contributed by atoms with Gasteiger partial charge in [-0.15, -0.1) is 6.58 Å². The van der Waals surface area contributed by atoms with Crippen LogP contribution in [-0.4, -0.2) is 13.6 Å². The molecule has 68 valence electrons. The summed E-state index contributed by atoms with van der Waals surface area (Å²) in [5.74, 6) is 0. The number of hydrogen-bond acceptors (Lipinski definition) is 1. The molecule has 0 aromatic rings. The lowest BCUT2D eigenvalue weighted by molar-refractivity contribution is 0.722. The molecule has 0 rings (SSSR count). The molecular formula is C10H23N. The zero-order valence-electron chi connectivity index (χ0n) is 8.54. The van der Waals surface area contributed by atoms with E-state index in [1.54, 1.807) is 0 Å². The number of hydrogen-bond donors (Lipinski definition) is 1. The third-order valence-electron chi connectivity index (χ3n) is 1.03. The maximum Gasteiger partial charge on any atom is -0.00489 e. The second kappa shape index (κ2) is 12.4. The minimum Gasteiger partial charge on any atom is -0.320 e. The summed E-state index contributed by atoms with van der Waals surface area (Å²) in [6.45, 7) is 11.2. The molecule has 0 unspecified atom stereocenters. The van der Waals surface area contributed by atoms with Gasteiger partial charge < -0.3 is 5.32 Å². The van der Waals surface area contributed by atoms with Gasteiger partial charge in [0.2, 0.25) is 0 Å². The van der Waals surface area contributed by atoms with Crippen LogP contribution in [0.4, 0.5) is 0 Å². The Hall–Kier alpha value is -0.300. The Kier molecular flexibility index (Phi) is 15.0. The highest BCUT2D eigenvalue weighted by atomic mass is 14.8. The van der Waals surface area contributed by atoms with E-state index >= 15 is 0 Å². The molecule has 0 aliphatic rings. The molecule has 0 aromatic heterocycles. The SMILES string of the molecule is C=C(C)CCCNC.CCC. The summed E-state index contributed by atoms with van der Waals surface area (Å²) in [5, 5.41) is 3.08. The lowest BCUT2D eigenvalue weighted by atomic mass is 10.2. The summed E-state index contributed by atoms with van der Waals surface area (Å²) in [6, 6.07) is 0. The molecule has 0 atom stereocenters. The minimum absolute atomic E-state index is 1.10. The van der Waals surface area contributed by atoms with Crippen molar-refractivity contribution in [3.63, 3.8) is 0 Å². The minimum atomic E-state index is 1.10. The first-order valence-corrected chi connectivity index (χ1v) is 4.47. The third kappa shape index (κ3) is 26.0. The second-order valence-electron chi connectivity index (χ2n) is 2.87. The van der Waals surface area contributed by atoms with Crippen molar-refractivity contribution in [3.05, 3.63) is 12.2 Å². The molecule has 0 saturated carbocycles. The van der Waals surface area contributed by atoms with Crippen LogP contribution in [0.1, 0.15) is 40.0 Å². The Morgan fingerprint density at radius 1 is 1.36 bits per heavy atom. The smallest absolute Gasteiger partial charge is 0.00489 e. The molecule has 0 aliphatic carbocycles. The van der Waals surface area contributed by atoms with Gasteiger partial charge in [-0.25, -0.2) is 0 Å². The topological polar surface area (TPSA) is 12.0 Å². The predicted octanol–water partition coefficient (Wildman–Crippen LogP) is 2.98. The highest BCUT2D eigenvalue weighted by Gasteiger charge is 1.83. The molecule has 0 saturated heterocycles. The van der Waals surface area contributed by atoms with Gasteiger partial charge in [-0.2, -0.15) is 0 Å². The Morgan fingerprint density at radius 3 is 2.09 bits per heavy atom. The van der Waals surface area contributed by atoms with Crippen LogP contribution in [0.15, 0.2) is 12.2 Å². The maximum atomic E-state index is 3.80. The van der Waals surface area contributed by atoms with Crippen molar-refractivity contribution in [2.75, 3.05) is 13.6 Å². The van der Waals surface area contributed by atoms with Crippen molar-refractivity contribution >= 4 is 0 Å². The first kappa shape index (κ1) is 13.3. The summed E-state index contributed by atoms with van der Waals surface area (Å²) >= 11 is 0. The molecule has 0 spiro atoms. The van der Waals surface area contributed by atoms with Crippen LogP contribution in [0.25, 0.3) is 0 Å². The van der Waals surface area contributed by atoms with Gasteiger partial charge in [-0.05, 0) is 33.4 Å². The predicted molar refractivity (Wildman–Crippen MR) is 53.9 cm³/mol. The molecule has 1 heteroatoms. The lowest BCUT2D eigenvalue weighted by Gasteiger charge is -1.96. The Bertz CT molecular complexity index is 76.9. The molecule has 0 heterocycles. The first-order chi connectivity index (χ1) is 5.18. The fraction of sp³-hybridized carbons (Fsp3) is 0.800. The zero-order chi connectivity index (χ0) is 9.11. The molecule has 0 bridgehead atoms. The Morgan fingerprint density at radius 2 is 1.82 bits per heavy atom. The van der Waals surface area contributed by atoms with Gasteiger partial charge in [0, 0.05) is 0 Å². The average Bonchev–Trinajstić information content (AvgIpc) is 1.89. The van der Waals surface area contributed by atoms with Crippen LogP contribution in [-0.2, 0) is 0 Å². The standard InChI is InChI=1S/C7H15N.C3H8/c1-7(2)5-4-6-8-3;1-3-2/h8H,1,4-6H2,2-3H3;3H2,1-2H3. The molecule has 0 aromatic carbocycles. The van der Waals surface area contributed by atoms with Crippen LogP contribution in [0.5, 0.6) is 0 Å². The molecular weight excluding hydrogens is 134 g/mol. The highest BCUT2D eigenvalue weighted by molar-refractivity contribution is 4.87. The van der Waals surface area contributed by atoms with Crippen molar-refractivity contribution < 1.29 is 0 Å². The molecule has 1 N–H and O–H groups in total. The molecule has 0 fully saturated rings. The van der Waals surface area contributed by atoms with E-state index in [0.29, 0.717) is 0 Å². The van der Waals surface area contributed by atoms with E-state index in [9.17, 15) is 0 Å². The fourth-order valence-corrected chi connectivity index (χ4v) is 0.567. The summed E-state index contributed by atoms with van der Waals surface area (Å²) in [4.78, 5) is 0. The summed E-state index contributed by atoms with van der Waals surface area (Å²) < 4.78 is 0. The van der Waals surface area contributed by atoms with Crippen LogP contribution in [0.3, 0.4) is 0 Å². The zero-order valence-corrected chi connectivity index (χ0v) is 8.54. The normalized spacial score (nSPS) is 8.36. The second-order valence-corrected chi connectivity index (χ2v) is 2.87. The van der Waals surface area contributed by atoms with Crippen LogP contribution in [0, 0.1) is 0 Å². The lowest BCUT2D eigenvalue weighted by Crippen LogP contribution is -2.06. The van der Waals surface area contributed by atoms with Gasteiger partial charge in [-0.3, -0.25) is 0 Å². The largest absolute Gasteiger partial charge is 0.320 e. The van der Waals surface area contributed by atoms with Crippen LogP contribution >= 0.6 is 0 Å². The molecule has 1 nitrogen and oxygen atoms in total. The Labute approximate surface area is 71.9 Å². The first-order valence-electron chi connectivity index (χ1n) is 4.47. The highest BCUT2D eigenvalue weighted by Crippen LogP contribution is 1.97. The molecule has 11 heavy (non-hydrogen) atoms. The molecule has 0 aliphatic heterocycles. The molecule has 0 amide bonds. The van der Waals surface area contributed by atoms with Gasteiger partial charge in [0.25, 0.3) is 0 Å². The van der Waals surface area contributed by atoms with E-state index in [1.807, 2.05) is 7.05 Å². The van der Waals surface area contributed by atoms with E-state index in [0.717, 1.165) is 13.0 Å². The maximum absolute atomic E-state index is 3.80. The quantitative estimate of drug-likeness (QED) is 0.488. The summed E-state index contributed by atoms with van der Waals surface area (Å²) in [6.07, 6.45) is 3.62. The van der Waals surface area contributed by atoms with Crippen molar-refractivity contribution in [1.29, 1.82) is 0 Å². The van der Waals surface area contributed by atoms with Crippen molar-refractivity contribution in [3.8, 4) is 0 Å². The van der Waals surface area contributed by atoms with Crippen molar-refractivity contribution in [1.82, 2.24) is 5.32 Å². The number of nitrogens with one attached hydrogen (secondary N) is 1. The summed E-state index contributed by atoms with van der Waals surface area (Å²) in [5.41, 5.74) is 1.28. The van der Waals surface area contributed by atoms with E-state index in [1.165, 1.54) is 18.4 Å². The van der Waals surface area contributed by atoms with Gasteiger partial charge in [0.1, 0.15) is 0 Å². The average molecular weight is 157 g/mol. The van der Waals surface area contributed by atoms with E-state index in [2.05, 4.69) is 32.7 Å². The fourth-order valence-electron chi connectivity index (χ4n) is 0.567. The Balaban J connectivity index is 0. The van der Waals surface area contributed by atoms with Gasteiger partial charge in [0.15, 0.2) is 0 Å². The van der Waals surface area contributed by atoms with Crippen LogP contribution < -0.4 is 5.32 Å². The monoisotopic (exact) mass is 157 g/mol. The molecule has 0 radical (unpaired) electrons. The van der Waals surface area contributed by atoms with Gasteiger partial charge in [-0.1, -0.05) is 25.8 Å². The van der Waals surface area contributed by atoms with Gasteiger partial charge in [0.05, 0.1) is 0 Å². The summed E-state index contributed by atoms with van der Waals surface area (Å²) in [7, 11) is 1.97. The van der Waals surface area contributed by atoms with E-state index < -0.39 is 0 Å². The number of allylic oxidation sites excluding steroid dienone is 1. The van der Waals surface area contributed by atoms with Crippen LogP contribution in [0.2, 0.25) is 0 Å². The van der Waals surface area contributed by atoms with Gasteiger partial charge >= 0.3 is 0 Å². The van der Waals surface area contributed by atoms with E-state index in [-0.39, 0.29) is 0 Å². The van der Waals surface area contributed by atoms with Crippen molar-refractivity contribution in [2.24, 2.45) is 0 Å². The number of rotatable bonds is 4.